The quantitative estimate of drug-likeness (QED) is 0.710. The number of fused-ring (bicyclic) bond motifs is 2. The van der Waals surface area contributed by atoms with E-state index in [1.165, 1.54) is 23.4 Å². The van der Waals surface area contributed by atoms with Gasteiger partial charge < -0.3 is 5.32 Å². The summed E-state index contributed by atoms with van der Waals surface area (Å²) in [7, 11) is 0. The predicted octanol–water partition coefficient (Wildman–Crippen LogP) is 2.72. The Kier molecular flexibility index (Phi) is 5.03. The van der Waals surface area contributed by atoms with Gasteiger partial charge in [0.2, 0.25) is 5.91 Å². The summed E-state index contributed by atoms with van der Waals surface area (Å²) in [5.74, 6) is -0.544. The number of H-pyrrole nitrogens is 1. The van der Waals surface area contributed by atoms with Gasteiger partial charge >= 0.3 is 0 Å². The van der Waals surface area contributed by atoms with Crippen molar-refractivity contribution in [3.63, 3.8) is 0 Å². The largest absolute Gasteiger partial charge is 0.355 e. The number of benzene rings is 1. The van der Waals surface area contributed by atoms with E-state index in [0.717, 1.165) is 29.7 Å². The number of rotatable bonds is 5. The number of hydrogen-bond donors (Lipinski definition) is 2. The van der Waals surface area contributed by atoms with Gasteiger partial charge in [0.25, 0.3) is 5.56 Å². The summed E-state index contributed by atoms with van der Waals surface area (Å²) in [5, 5.41) is 12.0. The Morgan fingerprint density at radius 2 is 2.04 bits per heavy atom. The van der Waals surface area contributed by atoms with Crippen LogP contribution in [-0.4, -0.2) is 27.6 Å². The summed E-state index contributed by atoms with van der Waals surface area (Å²) < 4.78 is 0. The van der Waals surface area contributed by atoms with Crippen LogP contribution in [0.15, 0.2) is 29.1 Å². The Hall–Kier alpha value is -2.54. The van der Waals surface area contributed by atoms with Crippen molar-refractivity contribution >= 4 is 28.0 Å². The zero-order valence-corrected chi connectivity index (χ0v) is 16.1. The molecular formula is C20H22N4O2S. The zero-order valence-electron chi connectivity index (χ0n) is 15.2. The van der Waals surface area contributed by atoms with Gasteiger partial charge in [0.1, 0.15) is 0 Å². The molecule has 0 radical (unpaired) electrons. The van der Waals surface area contributed by atoms with E-state index in [9.17, 15) is 9.59 Å². The second-order valence-corrected chi connectivity index (χ2v) is 8.10. The van der Waals surface area contributed by atoms with Crippen LogP contribution in [0, 0.1) is 0 Å². The van der Waals surface area contributed by atoms with Crippen molar-refractivity contribution < 1.29 is 4.79 Å². The Morgan fingerprint density at radius 1 is 1.26 bits per heavy atom. The average Bonchev–Trinajstić information content (AvgIpc) is 3.11. The van der Waals surface area contributed by atoms with Crippen molar-refractivity contribution in [3.05, 3.63) is 55.9 Å². The van der Waals surface area contributed by atoms with Gasteiger partial charge in [-0.3, -0.25) is 9.59 Å². The van der Waals surface area contributed by atoms with E-state index < -0.39 is 5.92 Å². The average molecular weight is 382 g/mol. The van der Waals surface area contributed by atoms with Gasteiger partial charge in [-0.1, -0.05) is 18.2 Å². The van der Waals surface area contributed by atoms with Gasteiger partial charge in [-0.25, -0.2) is 10.1 Å². The Bertz CT molecular complexity index is 1020. The molecule has 0 saturated heterocycles. The molecule has 2 aromatic heterocycles. The molecule has 0 unspecified atom stereocenters. The molecule has 27 heavy (non-hydrogen) atoms. The van der Waals surface area contributed by atoms with Crippen LogP contribution in [-0.2, 0) is 24.1 Å². The van der Waals surface area contributed by atoms with Crippen molar-refractivity contribution in [2.45, 2.75) is 44.9 Å². The first-order chi connectivity index (χ1) is 13.1. The minimum absolute atomic E-state index is 0.0963. The van der Waals surface area contributed by atoms with Gasteiger partial charge in [-0.2, -0.15) is 5.10 Å². The maximum atomic E-state index is 12.6. The third kappa shape index (κ3) is 3.64. The molecule has 4 rings (SSSR count). The molecule has 1 aromatic carbocycles. The van der Waals surface area contributed by atoms with Crippen LogP contribution in [0.5, 0.6) is 0 Å². The third-order valence-corrected chi connectivity index (χ3v) is 6.27. The molecule has 2 heterocycles. The number of carbonyl (C=O) groups is 1. The molecular weight excluding hydrogens is 360 g/mol. The second kappa shape index (κ2) is 7.60. The molecule has 6 nitrogen and oxygen atoms in total. The number of hydrogen-bond acceptors (Lipinski definition) is 5. The van der Waals surface area contributed by atoms with E-state index in [4.69, 9.17) is 4.98 Å². The lowest BCUT2D eigenvalue weighted by atomic mass is 10.0. The van der Waals surface area contributed by atoms with Crippen LogP contribution in [0.3, 0.4) is 0 Å². The number of aryl methyl sites for hydroxylation is 2. The van der Waals surface area contributed by atoms with Crippen LogP contribution in [0.2, 0.25) is 0 Å². The molecule has 1 atom stereocenters. The van der Waals surface area contributed by atoms with Crippen LogP contribution in [0.25, 0.3) is 10.8 Å². The lowest BCUT2D eigenvalue weighted by molar-refractivity contribution is -0.122. The number of aromatic amines is 1. The number of nitrogens with one attached hydrogen (secondary N) is 2. The second-order valence-electron chi connectivity index (χ2n) is 6.93. The lowest BCUT2D eigenvalue weighted by Crippen LogP contribution is -2.31. The molecule has 0 aliphatic heterocycles. The van der Waals surface area contributed by atoms with Crippen LogP contribution >= 0.6 is 11.3 Å². The van der Waals surface area contributed by atoms with Crippen molar-refractivity contribution in [1.29, 1.82) is 0 Å². The first kappa shape index (κ1) is 17.9. The number of amides is 1. The summed E-state index contributed by atoms with van der Waals surface area (Å²) in [6.45, 7) is 2.36. The van der Waals surface area contributed by atoms with Gasteiger partial charge in [0, 0.05) is 23.2 Å². The first-order valence-corrected chi connectivity index (χ1v) is 10.2. The highest BCUT2D eigenvalue weighted by molar-refractivity contribution is 7.11. The number of thiazole rings is 1. The Balaban J connectivity index is 1.42. The molecule has 7 heteroatoms. The number of nitrogens with zero attached hydrogens (tertiary/aromatic N) is 2. The van der Waals surface area contributed by atoms with Crippen LogP contribution in [0.4, 0.5) is 0 Å². The Morgan fingerprint density at radius 3 is 2.85 bits per heavy atom. The standard InChI is InChI=1S/C20H22N4O2S/c1-12(18-13-6-2-3-7-14(13)20(26)24-23-18)19(25)21-11-10-17-22-15-8-4-5-9-16(15)27-17/h2-3,6-7,12H,4-5,8-11H2,1H3,(H,21,25)(H,24,26)/t12-/m1/s1. The van der Waals surface area contributed by atoms with Crippen molar-refractivity contribution in [3.8, 4) is 0 Å². The van der Waals surface area contributed by atoms with E-state index >= 15 is 0 Å². The normalized spacial score (nSPS) is 14.7. The van der Waals surface area contributed by atoms with Gasteiger partial charge in [-0.05, 0) is 38.7 Å². The topological polar surface area (TPSA) is 87.7 Å². The molecule has 2 N–H and O–H groups in total. The summed E-state index contributed by atoms with van der Waals surface area (Å²) in [6.07, 6.45) is 5.45. The zero-order chi connectivity index (χ0) is 18.8. The van der Waals surface area contributed by atoms with Crippen LogP contribution in [0.1, 0.15) is 47.0 Å². The molecule has 0 bridgehead atoms. The Labute approximate surface area is 161 Å². The smallest absolute Gasteiger partial charge is 0.272 e. The maximum absolute atomic E-state index is 12.6. The van der Waals surface area contributed by atoms with Gasteiger partial charge in [0.15, 0.2) is 0 Å². The minimum Gasteiger partial charge on any atom is -0.355 e. The monoisotopic (exact) mass is 382 g/mol. The molecule has 1 aliphatic rings. The lowest BCUT2D eigenvalue weighted by Gasteiger charge is -2.13. The SMILES string of the molecule is C[C@@H](C(=O)NCCc1nc2c(s1)CCCC2)c1n[nH]c(=O)c2ccccc12. The minimum atomic E-state index is -0.448. The fourth-order valence-corrected chi connectivity index (χ4v) is 4.70. The summed E-state index contributed by atoms with van der Waals surface area (Å²) in [4.78, 5) is 30.6. The summed E-state index contributed by atoms with van der Waals surface area (Å²) in [5.41, 5.74) is 1.60. The molecule has 0 saturated carbocycles. The first-order valence-electron chi connectivity index (χ1n) is 9.36. The summed E-state index contributed by atoms with van der Waals surface area (Å²) in [6, 6.07) is 7.23. The summed E-state index contributed by atoms with van der Waals surface area (Å²) >= 11 is 1.78. The highest BCUT2D eigenvalue weighted by Crippen LogP contribution is 2.27. The third-order valence-electron chi connectivity index (χ3n) is 5.06. The molecule has 0 spiro atoms. The van der Waals surface area contributed by atoms with E-state index in [1.807, 2.05) is 19.1 Å². The van der Waals surface area contributed by atoms with E-state index in [2.05, 4.69) is 15.5 Å². The molecule has 1 aliphatic carbocycles. The molecule has 140 valence electrons. The van der Waals surface area contributed by atoms with E-state index in [1.54, 1.807) is 23.5 Å². The fraction of sp³-hybridized carbons (Fsp3) is 0.400. The number of carbonyl (C=O) groups excluding carboxylic acids is 1. The maximum Gasteiger partial charge on any atom is 0.272 e. The molecule has 3 aromatic rings. The molecule has 1 amide bonds. The number of aromatic nitrogens is 3. The predicted molar refractivity (Wildman–Crippen MR) is 106 cm³/mol. The van der Waals surface area contributed by atoms with Gasteiger partial charge in [0.05, 0.1) is 27.7 Å². The van der Waals surface area contributed by atoms with E-state index in [0.29, 0.717) is 17.6 Å². The van der Waals surface area contributed by atoms with Crippen molar-refractivity contribution in [2.24, 2.45) is 0 Å². The highest BCUT2D eigenvalue weighted by Gasteiger charge is 2.20. The van der Waals surface area contributed by atoms with Crippen LogP contribution < -0.4 is 10.9 Å². The fourth-order valence-electron chi connectivity index (χ4n) is 3.55. The van der Waals surface area contributed by atoms with E-state index in [-0.39, 0.29) is 11.5 Å². The highest BCUT2D eigenvalue weighted by atomic mass is 32.1. The van der Waals surface area contributed by atoms with Crippen molar-refractivity contribution in [2.75, 3.05) is 6.54 Å². The molecule has 0 fully saturated rings. The van der Waals surface area contributed by atoms with Gasteiger partial charge in [-0.15, -0.1) is 11.3 Å². The van der Waals surface area contributed by atoms with Crippen molar-refractivity contribution in [1.82, 2.24) is 20.5 Å².